The molecule has 4 nitrogen and oxygen atoms in total. The van der Waals surface area contributed by atoms with E-state index in [1.165, 1.54) is 0 Å². The second-order valence-corrected chi connectivity index (χ2v) is 20.0. The molecule has 5 heteroatoms. The van der Waals surface area contributed by atoms with Crippen LogP contribution in [0.25, 0.3) is 100 Å². The van der Waals surface area contributed by atoms with Crippen molar-refractivity contribution in [3.05, 3.63) is 309 Å². The monoisotopic (exact) mass is 1010 g/mol. The van der Waals surface area contributed by atoms with Crippen LogP contribution in [0.5, 0.6) is 17.2 Å². The quantitative estimate of drug-likeness (QED) is 0.0960. The average molecular weight is 1010 g/mol. The number of benzene rings is 12. The van der Waals surface area contributed by atoms with Crippen LogP contribution in [-0.4, -0.2) is 0 Å². The summed E-state index contributed by atoms with van der Waals surface area (Å²) in [7, 11) is -4.92. The summed E-state index contributed by atoms with van der Waals surface area (Å²) in [6, 6.07) is 104. The van der Waals surface area contributed by atoms with Crippen molar-refractivity contribution in [2.45, 2.75) is 0 Å². The third kappa shape index (κ3) is 10.1. The molecular weight excluding hydrogens is 960 g/mol. The van der Waals surface area contributed by atoms with Crippen molar-refractivity contribution < 1.29 is 18.1 Å². The van der Waals surface area contributed by atoms with Crippen LogP contribution in [0.3, 0.4) is 0 Å². The van der Waals surface area contributed by atoms with Gasteiger partial charge in [0.25, 0.3) is 0 Å². The Balaban J connectivity index is 1.14. The summed E-state index contributed by atoms with van der Waals surface area (Å²) in [6.45, 7) is 0. The van der Waals surface area contributed by atoms with Crippen molar-refractivity contribution in [1.82, 2.24) is 0 Å². The van der Waals surface area contributed by atoms with Gasteiger partial charge in [0.05, 0.1) is 0 Å². The lowest BCUT2D eigenvalue weighted by Gasteiger charge is -2.27. The van der Waals surface area contributed by atoms with Crippen molar-refractivity contribution in [3.63, 3.8) is 0 Å². The Morgan fingerprint density at radius 3 is 0.545 bits per heavy atom. The molecule has 0 bridgehead atoms. The first-order chi connectivity index (χ1) is 38.1. The lowest BCUT2D eigenvalue weighted by atomic mass is 9.87. The molecule has 12 aromatic rings. The maximum Gasteiger partial charge on any atom is 0.647 e. The van der Waals surface area contributed by atoms with Gasteiger partial charge in [0.15, 0.2) is 0 Å². The third-order valence-corrected chi connectivity index (χ3v) is 15.0. The standard InChI is InChI=1S/C72H51O4P/c73-77(74-64-49-46-61(52-28-10-1-11-29-52)67(55-34-16-4-17-35-55)70(64)58-40-22-7-23-41-58,75-65-50-47-62(53-30-12-2-13-31-53)68(56-36-18-5-19-37-56)71(65)59-42-24-8-25-43-59)76-66-51-48-63(54-32-14-3-15-33-54)69(57-38-20-6-21-39-57)72(66)60-44-26-9-27-45-60/h1-51H. The zero-order valence-corrected chi connectivity index (χ0v) is 42.9. The van der Waals surface area contributed by atoms with Crippen molar-refractivity contribution >= 4 is 7.82 Å². The van der Waals surface area contributed by atoms with Crippen LogP contribution < -0.4 is 13.6 Å². The summed E-state index contributed by atoms with van der Waals surface area (Å²) in [5, 5.41) is 0. The molecule has 0 aliphatic carbocycles. The van der Waals surface area contributed by atoms with E-state index >= 15 is 4.57 Å². The zero-order chi connectivity index (χ0) is 51.8. The molecule has 0 amide bonds. The smallest absolute Gasteiger partial charge is 0.385 e. The summed E-state index contributed by atoms with van der Waals surface area (Å²) in [5.74, 6) is 0.942. The van der Waals surface area contributed by atoms with Crippen LogP contribution in [0.2, 0.25) is 0 Å². The van der Waals surface area contributed by atoms with E-state index < -0.39 is 7.82 Å². The Morgan fingerprint density at radius 2 is 0.351 bits per heavy atom. The first kappa shape index (κ1) is 48.2. The van der Waals surface area contributed by atoms with Crippen molar-refractivity contribution in [3.8, 4) is 117 Å². The van der Waals surface area contributed by atoms with Gasteiger partial charge >= 0.3 is 7.82 Å². The molecule has 0 aromatic heterocycles. The molecule has 77 heavy (non-hydrogen) atoms. The fourth-order valence-corrected chi connectivity index (χ4v) is 11.7. The largest absolute Gasteiger partial charge is 0.647 e. The molecule has 0 fully saturated rings. The van der Waals surface area contributed by atoms with Crippen molar-refractivity contribution in [1.29, 1.82) is 0 Å². The Bertz CT molecular complexity index is 3560. The molecule has 0 aliphatic heterocycles. The maximum absolute atomic E-state index is 17.2. The highest BCUT2D eigenvalue weighted by molar-refractivity contribution is 7.49. The van der Waals surface area contributed by atoms with Gasteiger partial charge in [0.2, 0.25) is 0 Å². The van der Waals surface area contributed by atoms with Crippen molar-refractivity contribution in [2.75, 3.05) is 0 Å². The Hall–Kier alpha value is -9.73. The van der Waals surface area contributed by atoms with Gasteiger partial charge < -0.3 is 13.6 Å². The highest BCUT2D eigenvalue weighted by atomic mass is 31.2. The third-order valence-electron chi connectivity index (χ3n) is 13.8. The molecule has 0 spiro atoms. The molecule has 0 unspecified atom stereocenters. The maximum atomic E-state index is 17.2. The molecule has 12 rings (SSSR count). The Kier molecular flexibility index (Phi) is 13.8. The van der Waals surface area contributed by atoms with Crippen LogP contribution in [0.4, 0.5) is 0 Å². The fourth-order valence-electron chi connectivity index (χ4n) is 10.4. The van der Waals surface area contributed by atoms with Crippen molar-refractivity contribution in [2.24, 2.45) is 0 Å². The summed E-state index contributed by atoms with van der Waals surface area (Å²) < 4.78 is 39.0. The van der Waals surface area contributed by atoms with Crippen LogP contribution in [0.1, 0.15) is 0 Å². The van der Waals surface area contributed by atoms with Gasteiger partial charge in [-0.1, -0.05) is 291 Å². The lowest BCUT2D eigenvalue weighted by Crippen LogP contribution is -2.10. The first-order valence-electron chi connectivity index (χ1n) is 25.8. The van der Waals surface area contributed by atoms with E-state index in [4.69, 9.17) is 13.6 Å². The molecule has 0 saturated heterocycles. The van der Waals surface area contributed by atoms with Gasteiger partial charge in [-0.2, -0.15) is 4.57 Å². The van der Waals surface area contributed by atoms with Gasteiger partial charge in [-0.15, -0.1) is 0 Å². The Labute approximate surface area is 450 Å². The minimum absolute atomic E-state index is 0.314. The van der Waals surface area contributed by atoms with Gasteiger partial charge in [0.1, 0.15) is 17.2 Å². The van der Waals surface area contributed by atoms with Gasteiger partial charge in [-0.25, -0.2) is 0 Å². The normalized spacial score (nSPS) is 11.2. The van der Waals surface area contributed by atoms with E-state index in [0.717, 1.165) is 100 Å². The summed E-state index contributed by atoms with van der Waals surface area (Å²) in [6.07, 6.45) is 0. The van der Waals surface area contributed by atoms with Crippen LogP contribution in [-0.2, 0) is 4.57 Å². The van der Waals surface area contributed by atoms with Crippen LogP contribution in [0, 0.1) is 0 Å². The van der Waals surface area contributed by atoms with Crippen LogP contribution in [0.15, 0.2) is 309 Å². The minimum Gasteiger partial charge on any atom is -0.385 e. The molecule has 12 aromatic carbocycles. The average Bonchev–Trinajstić information content (AvgIpc) is 3.51. The van der Waals surface area contributed by atoms with E-state index in [0.29, 0.717) is 17.2 Å². The highest BCUT2D eigenvalue weighted by Gasteiger charge is 2.38. The van der Waals surface area contributed by atoms with Gasteiger partial charge in [0, 0.05) is 33.4 Å². The second-order valence-electron chi connectivity index (χ2n) is 18.6. The number of phosphoric ester groups is 1. The van der Waals surface area contributed by atoms with E-state index in [2.05, 4.69) is 109 Å². The topological polar surface area (TPSA) is 44.8 Å². The fraction of sp³-hybridized carbons (Fsp3) is 0. The summed E-state index contributed by atoms with van der Waals surface area (Å²) >= 11 is 0. The number of hydrogen-bond acceptors (Lipinski definition) is 4. The van der Waals surface area contributed by atoms with E-state index in [9.17, 15) is 0 Å². The van der Waals surface area contributed by atoms with Gasteiger partial charge in [-0.3, -0.25) is 0 Å². The second kappa shape index (κ2) is 22.0. The SMILES string of the molecule is O=P(Oc1ccc(-c2ccccc2)c(-c2ccccc2)c1-c1ccccc1)(Oc1ccc(-c2ccccc2)c(-c2ccccc2)c1-c1ccccc1)Oc1ccc(-c2ccccc2)c(-c2ccccc2)c1-c1ccccc1. The minimum atomic E-state index is -4.92. The molecule has 0 N–H and O–H groups in total. The molecule has 0 aliphatic rings. The molecule has 0 radical (unpaired) electrons. The van der Waals surface area contributed by atoms with E-state index in [1.54, 1.807) is 0 Å². The number of phosphoric acid groups is 1. The predicted octanol–water partition coefficient (Wildman–Crippen LogP) is 20.3. The molecule has 368 valence electrons. The lowest BCUT2D eigenvalue weighted by molar-refractivity contribution is 0.300. The summed E-state index contributed by atoms with van der Waals surface area (Å²) in [4.78, 5) is 0. The molecule has 0 saturated carbocycles. The van der Waals surface area contributed by atoms with E-state index in [1.807, 2.05) is 200 Å². The number of rotatable bonds is 15. The van der Waals surface area contributed by atoms with Crippen LogP contribution >= 0.6 is 7.82 Å². The number of hydrogen-bond donors (Lipinski definition) is 0. The highest BCUT2D eigenvalue weighted by Crippen LogP contribution is 2.59. The Morgan fingerprint density at radius 1 is 0.182 bits per heavy atom. The van der Waals surface area contributed by atoms with Gasteiger partial charge in [-0.05, 0) is 85.0 Å². The summed E-state index contributed by atoms with van der Waals surface area (Å²) in [5.41, 5.74) is 16.3. The zero-order valence-electron chi connectivity index (χ0n) is 42.0. The molecular formula is C72H51O4P. The first-order valence-corrected chi connectivity index (χ1v) is 27.2. The predicted molar refractivity (Wildman–Crippen MR) is 318 cm³/mol. The molecule has 0 heterocycles. The van der Waals surface area contributed by atoms with E-state index in [-0.39, 0.29) is 0 Å². The molecule has 0 atom stereocenters.